The number of carbonyl (C=O) groups is 3. The van der Waals surface area contributed by atoms with Crippen molar-refractivity contribution in [2.45, 2.75) is 52.0 Å². The summed E-state index contributed by atoms with van der Waals surface area (Å²) in [5.41, 5.74) is 1.19. The molecule has 0 spiro atoms. The molecule has 2 fully saturated rings. The number of aromatic nitrogens is 2. The van der Waals surface area contributed by atoms with Gasteiger partial charge in [0.05, 0.1) is 18.3 Å². The molecule has 1 aliphatic heterocycles. The van der Waals surface area contributed by atoms with Crippen LogP contribution in [-0.4, -0.2) is 52.2 Å². The normalized spacial score (nSPS) is 17.4. The Morgan fingerprint density at radius 1 is 1.32 bits per heavy atom. The molecule has 9 heteroatoms. The topological polar surface area (TPSA) is 96.3 Å². The molecule has 3 heterocycles. The molecule has 2 aromatic rings. The smallest absolute Gasteiger partial charge is 0.324 e. The molecule has 2 aromatic heterocycles. The molecule has 0 radical (unpaired) electrons. The molecule has 0 unspecified atom stereocenters. The molecule has 152 valence electrons. The van der Waals surface area contributed by atoms with E-state index in [-0.39, 0.29) is 24.9 Å². The van der Waals surface area contributed by atoms with E-state index in [4.69, 9.17) is 5.10 Å². The Kier molecular flexibility index (Phi) is 6.66. The van der Waals surface area contributed by atoms with Crippen LogP contribution in [0.4, 0.5) is 4.79 Å². The monoisotopic (exact) mass is 405 g/mol. The molecule has 4 rings (SSSR count). The Labute approximate surface area is 168 Å². The predicted octanol–water partition coefficient (Wildman–Crippen LogP) is 2.59. The summed E-state index contributed by atoms with van der Waals surface area (Å²) in [7, 11) is 0. The van der Waals surface area contributed by atoms with Crippen LogP contribution < -0.4 is 10.6 Å². The van der Waals surface area contributed by atoms with Gasteiger partial charge >= 0.3 is 6.03 Å². The van der Waals surface area contributed by atoms with E-state index < -0.39 is 6.03 Å². The molecular formula is C19H27N5O3S. The summed E-state index contributed by atoms with van der Waals surface area (Å²) in [6.45, 7) is 4.08. The highest BCUT2D eigenvalue weighted by atomic mass is 32.1. The van der Waals surface area contributed by atoms with E-state index in [1.807, 2.05) is 11.3 Å². The third kappa shape index (κ3) is 4.70. The van der Waals surface area contributed by atoms with Crippen LogP contribution in [-0.2, 0) is 9.59 Å². The molecule has 8 nitrogen and oxygen atoms in total. The minimum atomic E-state index is -0.393. The second kappa shape index (κ2) is 9.18. The summed E-state index contributed by atoms with van der Waals surface area (Å²) in [5, 5.41) is 13.1. The molecule has 1 aliphatic carbocycles. The van der Waals surface area contributed by atoms with Crippen molar-refractivity contribution in [2.24, 2.45) is 0 Å². The zero-order valence-corrected chi connectivity index (χ0v) is 17.2. The molecule has 0 atom stereocenters. The number of amides is 4. The van der Waals surface area contributed by atoms with Crippen LogP contribution in [0.2, 0.25) is 0 Å². The molecule has 4 amide bonds. The standard InChI is InChI=1S/C12H16N2S.C7H11N3O3/c1-9-11-7-8-15-12(11)14(13-9)10-5-3-2-4-6-10;1-5(11)8-2-3-10-6(12)4-9-7(10)13/h7-8,10H,2-6H2,1H3;2-4H2,1H3,(H,8,11)(H,9,13). The summed E-state index contributed by atoms with van der Waals surface area (Å²) < 4.78 is 2.29. The Hall–Kier alpha value is -2.42. The van der Waals surface area contributed by atoms with Crippen LogP contribution in [0.15, 0.2) is 11.4 Å². The van der Waals surface area contributed by atoms with E-state index in [0.717, 1.165) is 4.90 Å². The van der Waals surface area contributed by atoms with Gasteiger partial charge in [0, 0.05) is 25.4 Å². The highest BCUT2D eigenvalue weighted by Gasteiger charge is 2.27. The van der Waals surface area contributed by atoms with Crippen molar-refractivity contribution in [2.75, 3.05) is 19.6 Å². The summed E-state index contributed by atoms with van der Waals surface area (Å²) in [6.07, 6.45) is 6.78. The maximum Gasteiger partial charge on any atom is 0.324 e. The second-order valence-corrected chi connectivity index (χ2v) is 8.04. The molecule has 28 heavy (non-hydrogen) atoms. The first-order valence-corrected chi connectivity index (χ1v) is 10.6. The number of urea groups is 1. The average Bonchev–Trinajstić information content (AvgIpc) is 3.36. The molecule has 0 aromatic carbocycles. The SMILES string of the molecule is CC(=O)NCCN1C(=O)CNC1=O.Cc1nn(C2CCCCC2)c2sccc12. The molecular weight excluding hydrogens is 378 g/mol. The number of thiophene rings is 1. The van der Waals surface area contributed by atoms with Crippen LogP contribution in [0.25, 0.3) is 10.2 Å². The summed E-state index contributed by atoms with van der Waals surface area (Å²) in [5.74, 6) is -0.428. The van der Waals surface area contributed by atoms with Gasteiger partial charge in [0.15, 0.2) is 0 Å². The second-order valence-electron chi connectivity index (χ2n) is 7.15. The highest BCUT2D eigenvalue weighted by molar-refractivity contribution is 7.16. The van der Waals surface area contributed by atoms with Gasteiger partial charge in [-0.3, -0.25) is 19.2 Å². The largest absolute Gasteiger partial charge is 0.355 e. The van der Waals surface area contributed by atoms with Gasteiger partial charge in [0.1, 0.15) is 4.83 Å². The van der Waals surface area contributed by atoms with Crippen molar-refractivity contribution in [3.63, 3.8) is 0 Å². The number of nitrogens with one attached hydrogen (secondary N) is 2. The van der Waals surface area contributed by atoms with Crippen LogP contribution in [0.5, 0.6) is 0 Å². The molecule has 0 bridgehead atoms. The molecule has 1 saturated carbocycles. The van der Waals surface area contributed by atoms with Crippen molar-refractivity contribution in [1.29, 1.82) is 0 Å². The van der Waals surface area contributed by atoms with Crippen molar-refractivity contribution in [1.82, 2.24) is 25.3 Å². The van der Waals surface area contributed by atoms with Gasteiger partial charge in [-0.1, -0.05) is 19.3 Å². The Balaban J connectivity index is 0.000000163. The number of imide groups is 1. The number of fused-ring (bicyclic) bond motifs is 1. The quantitative estimate of drug-likeness (QED) is 0.764. The first-order chi connectivity index (χ1) is 13.5. The number of carbonyl (C=O) groups excluding carboxylic acids is 3. The van der Waals surface area contributed by atoms with E-state index in [0.29, 0.717) is 12.6 Å². The lowest BCUT2D eigenvalue weighted by molar-refractivity contribution is -0.125. The average molecular weight is 406 g/mol. The molecule has 2 N–H and O–H groups in total. The van der Waals surface area contributed by atoms with Gasteiger partial charge in [-0.05, 0) is 31.2 Å². The van der Waals surface area contributed by atoms with E-state index in [1.54, 1.807) is 0 Å². The Bertz CT molecular complexity index is 837. The van der Waals surface area contributed by atoms with E-state index in [1.165, 1.54) is 54.9 Å². The highest BCUT2D eigenvalue weighted by Crippen LogP contribution is 2.33. The predicted molar refractivity (Wildman–Crippen MR) is 108 cm³/mol. The van der Waals surface area contributed by atoms with Gasteiger partial charge < -0.3 is 10.6 Å². The molecule has 1 saturated heterocycles. The number of hydrogen-bond acceptors (Lipinski definition) is 5. The fourth-order valence-corrected chi connectivity index (χ4v) is 4.59. The first kappa shape index (κ1) is 20.3. The van der Waals surface area contributed by atoms with Crippen molar-refractivity contribution >= 4 is 39.4 Å². The van der Waals surface area contributed by atoms with Gasteiger partial charge in [-0.15, -0.1) is 11.3 Å². The van der Waals surface area contributed by atoms with Gasteiger partial charge in [0.25, 0.3) is 0 Å². The van der Waals surface area contributed by atoms with Crippen molar-refractivity contribution < 1.29 is 14.4 Å². The third-order valence-electron chi connectivity index (χ3n) is 5.07. The lowest BCUT2D eigenvalue weighted by Crippen LogP contribution is -2.38. The zero-order valence-electron chi connectivity index (χ0n) is 16.4. The van der Waals surface area contributed by atoms with Crippen LogP contribution in [0.3, 0.4) is 0 Å². The van der Waals surface area contributed by atoms with Crippen molar-refractivity contribution in [3.05, 3.63) is 17.1 Å². The Morgan fingerprint density at radius 2 is 2.07 bits per heavy atom. The minimum Gasteiger partial charge on any atom is -0.355 e. The first-order valence-electron chi connectivity index (χ1n) is 9.72. The van der Waals surface area contributed by atoms with Gasteiger partial charge in [0.2, 0.25) is 11.8 Å². The fraction of sp³-hybridized carbons (Fsp3) is 0.579. The summed E-state index contributed by atoms with van der Waals surface area (Å²) in [4.78, 5) is 34.9. The Morgan fingerprint density at radius 3 is 2.71 bits per heavy atom. The third-order valence-corrected chi connectivity index (χ3v) is 5.97. The fourth-order valence-electron chi connectivity index (χ4n) is 3.61. The lowest BCUT2D eigenvalue weighted by Gasteiger charge is -2.22. The van der Waals surface area contributed by atoms with E-state index >= 15 is 0 Å². The maximum absolute atomic E-state index is 11.0. The van der Waals surface area contributed by atoms with Crippen LogP contribution >= 0.6 is 11.3 Å². The summed E-state index contributed by atoms with van der Waals surface area (Å²) >= 11 is 1.83. The minimum absolute atomic E-state index is 0.0545. The number of nitrogens with zero attached hydrogens (tertiary/aromatic N) is 3. The van der Waals surface area contributed by atoms with Gasteiger partial charge in [-0.2, -0.15) is 5.10 Å². The molecule has 2 aliphatic rings. The van der Waals surface area contributed by atoms with E-state index in [9.17, 15) is 14.4 Å². The summed E-state index contributed by atoms with van der Waals surface area (Å²) in [6, 6.07) is 2.46. The van der Waals surface area contributed by atoms with Crippen LogP contribution in [0.1, 0.15) is 50.8 Å². The van der Waals surface area contributed by atoms with Crippen molar-refractivity contribution in [3.8, 4) is 0 Å². The number of hydrogen-bond donors (Lipinski definition) is 2. The van der Waals surface area contributed by atoms with Gasteiger partial charge in [-0.25, -0.2) is 4.79 Å². The lowest BCUT2D eigenvalue weighted by atomic mass is 9.96. The van der Waals surface area contributed by atoms with E-state index in [2.05, 4.69) is 33.7 Å². The zero-order chi connectivity index (χ0) is 20.1. The van der Waals surface area contributed by atoms with Crippen LogP contribution in [0, 0.1) is 6.92 Å². The maximum atomic E-state index is 11.0. The number of rotatable bonds is 4. The number of aryl methyl sites for hydroxylation is 1.